The van der Waals surface area contributed by atoms with Gasteiger partial charge in [0.25, 0.3) is 0 Å². The molecule has 2 aromatic heterocycles. The molecule has 1 aromatic carbocycles. The predicted molar refractivity (Wildman–Crippen MR) is 103 cm³/mol. The minimum Gasteiger partial charge on any atom is -0.495 e. The number of anilines is 2. The van der Waals surface area contributed by atoms with Crippen LogP contribution >= 0.6 is 23.1 Å². The molecule has 0 aliphatic carbocycles. The van der Waals surface area contributed by atoms with Crippen LogP contribution in [0.15, 0.2) is 51.4 Å². The van der Waals surface area contributed by atoms with Crippen molar-refractivity contribution in [3.63, 3.8) is 0 Å². The Kier molecular flexibility index (Phi) is 6.13. The van der Waals surface area contributed by atoms with Crippen molar-refractivity contribution in [1.29, 1.82) is 0 Å². The molecule has 0 radical (unpaired) electrons. The molecular weight excluding hydrogens is 372 g/mol. The minimum atomic E-state index is -0.328. The zero-order valence-electron chi connectivity index (χ0n) is 14.3. The smallest absolute Gasteiger partial charge is 0.237 e. The summed E-state index contributed by atoms with van der Waals surface area (Å²) in [5.74, 6) is 1.32. The number of amides is 1. The number of hydrogen-bond donors (Lipinski definition) is 2. The number of rotatable bonds is 8. The van der Waals surface area contributed by atoms with Crippen LogP contribution in [0.5, 0.6) is 5.75 Å². The molecule has 1 amide bonds. The molecule has 3 rings (SSSR count). The second-order valence-electron chi connectivity index (χ2n) is 5.26. The summed E-state index contributed by atoms with van der Waals surface area (Å²) in [7, 11) is 1.57. The van der Waals surface area contributed by atoms with Gasteiger partial charge in [0.15, 0.2) is 4.34 Å². The van der Waals surface area contributed by atoms with Crippen molar-refractivity contribution < 1.29 is 13.9 Å². The zero-order chi connectivity index (χ0) is 18.4. The first-order valence-electron chi connectivity index (χ1n) is 7.86. The molecule has 136 valence electrons. The molecule has 0 aliphatic heterocycles. The summed E-state index contributed by atoms with van der Waals surface area (Å²) in [4.78, 5) is 12.4. The second kappa shape index (κ2) is 8.72. The minimum absolute atomic E-state index is 0.125. The summed E-state index contributed by atoms with van der Waals surface area (Å²) in [5.41, 5.74) is 0.644. The maximum Gasteiger partial charge on any atom is 0.237 e. The number of carbonyl (C=O) groups is 1. The molecule has 1 atom stereocenters. The number of ether oxygens (including phenoxy) is 1. The Morgan fingerprint density at radius 2 is 2.15 bits per heavy atom. The fraction of sp³-hybridized carbons (Fsp3) is 0.235. The summed E-state index contributed by atoms with van der Waals surface area (Å²) in [6, 6.07) is 11.0. The number of para-hydroxylation sites is 2. The lowest BCUT2D eigenvalue weighted by Crippen LogP contribution is -2.22. The fourth-order valence-corrected chi connectivity index (χ4v) is 3.98. The van der Waals surface area contributed by atoms with Crippen LogP contribution < -0.4 is 15.4 Å². The van der Waals surface area contributed by atoms with Crippen LogP contribution in [0.2, 0.25) is 0 Å². The van der Waals surface area contributed by atoms with Gasteiger partial charge in [-0.2, -0.15) is 0 Å². The topological polar surface area (TPSA) is 89.3 Å². The molecule has 0 fully saturated rings. The van der Waals surface area contributed by atoms with Crippen LogP contribution in [-0.4, -0.2) is 28.5 Å². The molecule has 3 aromatic rings. The Morgan fingerprint density at radius 1 is 1.31 bits per heavy atom. The zero-order valence-corrected chi connectivity index (χ0v) is 15.9. The van der Waals surface area contributed by atoms with Gasteiger partial charge in [-0.25, -0.2) is 0 Å². The summed E-state index contributed by atoms with van der Waals surface area (Å²) < 4.78 is 11.2. The van der Waals surface area contributed by atoms with Crippen molar-refractivity contribution >= 4 is 39.8 Å². The van der Waals surface area contributed by atoms with E-state index in [1.165, 1.54) is 23.1 Å². The highest BCUT2D eigenvalue weighted by molar-refractivity contribution is 8.02. The number of carbonyl (C=O) groups excluding carboxylic acids is 1. The number of methoxy groups -OCH3 is 1. The van der Waals surface area contributed by atoms with E-state index >= 15 is 0 Å². The van der Waals surface area contributed by atoms with Gasteiger partial charge in [0.2, 0.25) is 11.0 Å². The van der Waals surface area contributed by atoms with Crippen molar-refractivity contribution in [2.75, 3.05) is 17.7 Å². The van der Waals surface area contributed by atoms with Gasteiger partial charge in [0.1, 0.15) is 11.5 Å². The van der Waals surface area contributed by atoms with E-state index in [1.54, 1.807) is 25.5 Å². The third-order valence-corrected chi connectivity index (χ3v) is 5.48. The van der Waals surface area contributed by atoms with Crippen LogP contribution in [-0.2, 0) is 11.3 Å². The van der Waals surface area contributed by atoms with Gasteiger partial charge in [-0.15, -0.1) is 10.2 Å². The molecule has 0 unspecified atom stereocenters. The van der Waals surface area contributed by atoms with E-state index in [-0.39, 0.29) is 11.2 Å². The summed E-state index contributed by atoms with van der Waals surface area (Å²) >= 11 is 2.75. The number of thioether (sulfide) groups is 1. The lowest BCUT2D eigenvalue weighted by Gasteiger charge is -2.12. The third-order valence-electron chi connectivity index (χ3n) is 3.41. The average molecular weight is 390 g/mol. The molecule has 0 spiro atoms. The number of benzene rings is 1. The summed E-state index contributed by atoms with van der Waals surface area (Å²) in [6.07, 6.45) is 1.63. The van der Waals surface area contributed by atoms with Crippen LogP contribution in [0.4, 0.5) is 10.8 Å². The fourth-order valence-electron chi connectivity index (χ4n) is 2.09. The van der Waals surface area contributed by atoms with Crippen LogP contribution in [0.25, 0.3) is 0 Å². The van der Waals surface area contributed by atoms with E-state index in [4.69, 9.17) is 9.15 Å². The van der Waals surface area contributed by atoms with Crippen LogP contribution in [0.3, 0.4) is 0 Å². The molecule has 2 N–H and O–H groups in total. The molecule has 0 aliphatic rings. The molecule has 2 heterocycles. The lowest BCUT2D eigenvalue weighted by atomic mass is 10.3. The number of nitrogens with zero attached hydrogens (tertiary/aromatic N) is 2. The SMILES string of the molecule is COc1ccccc1NC(=O)[C@H](C)Sc1nnc(NCc2ccco2)s1. The maximum absolute atomic E-state index is 12.4. The lowest BCUT2D eigenvalue weighted by molar-refractivity contribution is -0.115. The van der Waals surface area contributed by atoms with Gasteiger partial charge in [0.05, 0.1) is 30.9 Å². The van der Waals surface area contributed by atoms with Gasteiger partial charge < -0.3 is 19.8 Å². The standard InChI is InChI=1S/C17H18N4O3S2/c1-11(15(22)19-13-7-3-4-8-14(13)23-2)25-17-21-20-16(26-17)18-10-12-6-5-9-24-12/h3-9,11H,10H2,1-2H3,(H,18,20)(H,19,22)/t11-/m0/s1. The highest BCUT2D eigenvalue weighted by Gasteiger charge is 2.18. The van der Waals surface area contributed by atoms with E-state index < -0.39 is 0 Å². The highest BCUT2D eigenvalue weighted by Crippen LogP contribution is 2.30. The predicted octanol–water partition coefficient (Wildman–Crippen LogP) is 3.87. The van der Waals surface area contributed by atoms with E-state index in [1.807, 2.05) is 31.2 Å². The van der Waals surface area contributed by atoms with E-state index in [9.17, 15) is 4.79 Å². The molecule has 0 saturated heterocycles. The monoisotopic (exact) mass is 390 g/mol. The summed E-state index contributed by atoms with van der Waals surface area (Å²) in [6.45, 7) is 2.36. The third kappa shape index (κ3) is 4.77. The van der Waals surface area contributed by atoms with Crippen LogP contribution in [0, 0.1) is 0 Å². The molecule has 0 bridgehead atoms. The van der Waals surface area contributed by atoms with Gasteiger partial charge in [0, 0.05) is 0 Å². The molecule has 26 heavy (non-hydrogen) atoms. The van der Waals surface area contributed by atoms with Crippen molar-refractivity contribution in [3.05, 3.63) is 48.4 Å². The number of aromatic nitrogens is 2. The van der Waals surface area contributed by atoms with E-state index in [0.717, 1.165) is 10.1 Å². The van der Waals surface area contributed by atoms with Crippen molar-refractivity contribution in [2.24, 2.45) is 0 Å². The van der Waals surface area contributed by atoms with Crippen molar-refractivity contribution in [1.82, 2.24) is 10.2 Å². The van der Waals surface area contributed by atoms with Gasteiger partial charge >= 0.3 is 0 Å². The Balaban J connectivity index is 1.54. The quantitative estimate of drug-likeness (QED) is 0.564. The number of furan rings is 1. The van der Waals surface area contributed by atoms with Crippen molar-refractivity contribution in [2.45, 2.75) is 23.1 Å². The first-order chi connectivity index (χ1) is 12.7. The highest BCUT2D eigenvalue weighted by atomic mass is 32.2. The first kappa shape index (κ1) is 18.3. The largest absolute Gasteiger partial charge is 0.495 e. The Labute approximate surface area is 159 Å². The van der Waals surface area contributed by atoms with E-state index in [2.05, 4.69) is 20.8 Å². The van der Waals surface area contributed by atoms with Gasteiger partial charge in [-0.05, 0) is 31.2 Å². The number of nitrogens with one attached hydrogen (secondary N) is 2. The van der Waals surface area contributed by atoms with Crippen molar-refractivity contribution in [3.8, 4) is 5.75 Å². The Bertz CT molecular complexity index is 851. The average Bonchev–Trinajstić information content (AvgIpc) is 3.32. The normalized spacial score (nSPS) is 11.8. The molecule has 0 saturated carbocycles. The first-order valence-corrected chi connectivity index (χ1v) is 9.55. The van der Waals surface area contributed by atoms with Gasteiger partial charge in [-0.1, -0.05) is 35.2 Å². The second-order valence-corrected chi connectivity index (χ2v) is 7.82. The summed E-state index contributed by atoms with van der Waals surface area (Å²) in [5, 5.41) is 14.6. The molecule has 9 heteroatoms. The van der Waals surface area contributed by atoms with Gasteiger partial charge in [-0.3, -0.25) is 4.79 Å². The molecular formula is C17H18N4O3S2. The Hall–Kier alpha value is -2.52. The maximum atomic E-state index is 12.4. The van der Waals surface area contributed by atoms with Crippen LogP contribution in [0.1, 0.15) is 12.7 Å². The molecule has 7 nitrogen and oxygen atoms in total. The van der Waals surface area contributed by atoms with E-state index in [0.29, 0.717) is 23.1 Å². The Morgan fingerprint density at radius 3 is 2.92 bits per heavy atom. The number of hydrogen-bond acceptors (Lipinski definition) is 8.